The number of fused-ring (bicyclic) bond motifs is 3. The van der Waals surface area contributed by atoms with Crippen LogP contribution in [0.1, 0.15) is 12.7 Å². The van der Waals surface area contributed by atoms with Crippen molar-refractivity contribution in [2.75, 3.05) is 0 Å². The van der Waals surface area contributed by atoms with Crippen molar-refractivity contribution in [3.63, 3.8) is 0 Å². The molecule has 0 spiro atoms. The first-order valence-electron chi connectivity index (χ1n) is 7.06. The fourth-order valence-corrected chi connectivity index (χ4v) is 2.65. The molecule has 0 atom stereocenters. The van der Waals surface area contributed by atoms with Gasteiger partial charge in [0.1, 0.15) is 11.6 Å². The molecule has 0 bridgehead atoms. The van der Waals surface area contributed by atoms with E-state index in [1.165, 1.54) is 0 Å². The standard InChI is InChI=1S/C17H14N4/c1-2-15-19-20-17-13-10-6-7-11-14(13)18-16(21(15)17)12-8-4-3-5-9-12/h3-11H,2H2,1H3. The predicted octanol–water partition coefficient (Wildman–Crippen LogP) is 3.51. The summed E-state index contributed by atoms with van der Waals surface area (Å²) in [7, 11) is 0. The number of hydrogen-bond donors (Lipinski definition) is 0. The second-order valence-electron chi connectivity index (χ2n) is 4.95. The Labute approximate surface area is 122 Å². The number of aryl methyl sites for hydroxylation is 1. The van der Waals surface area contributed by atoms with Crippen molar-refractivity contribution in [1.82, 2.24) is 19.6 Å². The molecule has 0 aliphatic rings. The molecule has 4 heteroatoms. The third-order valence-corrected chi connectivity index (χ3v) is 3.66. The molecule has 4 rings (SSSR count). The van der Waals surface area contributed by atoms with Gasteiger partial charge in [0.2, 0.25) is 0 Å². The van der Waals surface area contributed by atoms with E-state index in [2.05, 4.69) is 33.7 Å². The normalized spacial score (nSPS) is 11.3. The van der Waals surface area contributed by atoms with Crippen LogP contribution in [0.15, 0.2) is 54.6 Å². The molecule has 0 aliphatic carbocycles. The molecule has 0 unspecified atom stereocenters. The van der Waals surface area contributed by atoms with Crippen LogP contribution in [-0.4, -0.2) is 19.6 Å². The molecule has 0 radical (unpaired) electrons. The van der Waals surface area contributed by atoms with E-state index < -0.39 is 0 Å². The molecule has 0 fully saturated rings. The lowest BCUT2D eigenvalue weighted by Gasteiger charge is -2.09. The zero-order chi connectivity index (χ0) is 14.2. The molecule has 0 aliphatic heterocycles. The molecule has 4 nitrogen and oxygen atoms in total. The lowest BCUT2D eigenvalue weighted by atomic mass is 10.2. The molecule has 0 amide bonds. The molecule has 2 aromatic carbocycles. The number of hydrogen-bond acceptors (Lipinski definition) is 3. The third kappa shape index (κ3) is 1.80. The van der Waals surface area contributed by atoms with Gasteiger partial charge in [0.25, 0.3) is 0 Å². The van der Waals surface area contributed by atoms with E-state index in [-0.39, 0.29) is 0 Å². The van der Waals surface area contributed by atoms with Crippen LogP contribution in [-0.2, 0) is 6.42 Å². The van der Waals surface area contributed by atoms with Crippen molar-refractivity contribution in [2.24, 2.45) is 0 Å². The number of rotatable bonds is 2. The Balaban J connectivity index is 2.19. The van der Waals surface area contributed by atoms with E-state index in [0.29, 0.717) is 0 Å². The Morgan fingerprint density at radius 1 is 0.905 bits per heavy atom. The highest BCUT2D eigenvalue weighted by atomic mass is 15.3. The third-order valence-electron chi connectivity index (χ3n) is 3.66. The van der Waals surface area contributed by atoms with Gasteiger partial charge in [0, 0.05) is 17.4 Å². The zero-order valence-corrected chi connectivity index (χ0v) is 11.7. The summed E-state index contributed by atoms with van der Waals surface area (Å²) in [6.45, 7) is 2.08. The van der Waals surface area contributed by atoms with Gasteiger partial charge in [-0.3, -0.25) is 4.40 Å². The molecule has 2 heterocycles. The van der Waals surface area contributed by atoms with Gasteiger partial charge in [-0.25, -0.2) is 4.98 Å². The first-order valence-corrected chi connectivity index (χ1v) is 7.06. The van der Waals surface area contributed by atoms with Crippen molar-refractivity contribution >= 4 is 16.6 Å². The van der Waals surface area contributed by atoms with Gasteiger partial charge < -0.3 is 0 Å². The monoisotopic (exact) mass is 274 g/mol. The van der Waals surface area contributed by atoms with E-state index in [9.17, 15) is 0 Å². The SMILES string of the molecule is CCc1nnc2c3ccccc3nc(-c3ccccc3)n12. The highest BCUT2D eigenvalue weighted by Crippen LogP contribution is 2.25. The Morgan fingerprint density at radius 2 is 1.67 bits per heavy atom. The minimum atomic E-state index is 0.820. The predicted molar refractivity (Wildman–Crippen MR) is 83.1 cm³/mol. The van der Waals surface area contributed by atoms with Crippen LogP contribution in [0.5, 0.6) is 0 Å². The Kier molecular flexibility index (Phi) is 2.67. The second kappa shape index (κ2) is 4.66. The van der Waals surface area contributed by atoms with Crippen molar-refractivity contribution in [1.29, 1.82) is 0 Å². The molecule has 0 N–H and O–H groups in total. The van der Waals surface area contributed by atoms with Crippen molar-refractivity contribution in [3.05, 3.63) is 60.4 Å². The van der Waals surface area contributed by atoms with E-state index >= 15 is 0 Å². The number of para-hydroxylation sites is 1. The Bertz CT molecular complexity index is 925. The molecule has 21 heavy (non-hydrogen) atoms. The van der Waals surface area contributed by atoms with E-state index in [1.807, 2.05) is 42.5 Å². The van der Waals surface area contributed by atoms with Gasteiger partial charge >= 0.3 is 0 Å². The summed E-state index contributed by atoms with van der Waals surface area (Å²) in [6, 6.07) is 18.2. The molecule has 0 saturated heterocycles. The van der Waals surface area contributed by atoms with Crippen molar-refractivity contribution < 1.29 is 0 Å². The van der Waals surface area contributed by atoms with Crippen molar-refractivity contribution in [2.45, 2.75) is 13.3 Å². The lowest BCUT2D eigenvalue weighted by Crippen LogP contribution is -2.01. The first-order chi connectivity index (χ1) is 10.4. The number of nitrogens with zero attached hydrogens (tertiary/aromatic N) is 4. The summed E-state index contributed by atoms with van der Waals surface area (Å²) in [5.74, 6) is 1.83. The largest absolute Gasteiger partial charge is 0.262 e. The quantitative estimate of drug-likeness (QED) is 0.562. The summed E-state index contributed by atoms with van der Waals surface area (Å²) in [4.78, 5) is 4.84. The van der Waals surface area contributed by atoms with Crippen LogP contribution in [0.2, 0.25) is 0 Å². The van der Waals surface area contributed by atoms with Crippen LogP contribution < -0.4 is 0 Å². The van der Waals surface area contributed by atoms with Crippen molar-refractivity contribution in [3.8, 4) is 11.4 Å². The van der Waals surface area contributed by atoms with Gasteiger partial charge in [-0.05, 0) is 12.1 Å². The fraction of sp³-hybridized carbons (Fsp3) is 0.118. The maximum atomic E-state index is 4.84. The molecule has 102 valence electrons. The second-order valence-corrected chi connectivity index (χ2v) is 4.95. The molecule has 0 saturated carbocycles. The smallest absolute Gasteiger partial charge is 0.171 e. The fourth-order valence-electron chi connectivity index (χ4n) is 2.65. The molecule has 2 aromatic heterocycles. The van der Waals surface area contributed by atoms with Gasteiger partial charge in [-0.2, -0.15) is 0 Å². The van der Waals surface area contributed by atoms with Crippen LogP contribution in [0.4, 0.5) is 0 Å². The average Bonchev–Trinajstić information content (AvgIpc) is 2.99. The first kappa shape index (κ1) is 12.0. The highest BCUT2D eigenvalue weighted by Gasteiger charge is 2.14. The maximum absolute atomic E-state index is 4.84. The summed E-state index contributed by atoms with van der Waals surface area (Å²) < 4.78 is 2.07. The van der Waals surface area contributed by atoms with Crippen LogP contribution in [0.3, 0.4) is 0 Å². The van der Waals surface area contributed by atoms with E-state index in [4.69, 9.17) is 4.98 Å². The average molecular weight is 274 g/mol. The Morgan fingerprint density at radius 3 is 2.48 bits per heavy atom. The number of aromatic nitrogens is 4. The number of benzene rings is 2. The minimum absolute atomic E-state index is 0.820. The Hall–Kier alpha value is -2.75. The van der Waals surface area contributed by atoms with E-state index in [1.54, 1.807) is 0 Å². The summed E-state index contributed by atoms with van der Waals surface area (Å²) in [6.07, 6.45) is 0.820. The summed E-state index contributed by atoms with van der Waals surface area (Å²) in [5.41, 5.74) is 2.89. The van der Waals surface area contributed by atoms with Gasteiger partial charge in [0.15, 0.2) is 5.65 Å². The van der Waals surface area contributed by atoms with Gasteiger partial charge in [0.05, 0.1) is 5.52 Å². The highest BCUT2D eigenvalue weighted by molar-refractivity contribution is 5.92. The summed E-state index contributed by atoms with van der Waals surface area (Å²) in [5, 5.41) is 9.73. The maximum Gasteiger partial charge on any atom is 0.171 e. The lowest BCUT2D eigenvalue weighted by molar-refractivity contribution is 0.904. The minimum Gasteiger partial charge on any atom is -0.262 e. The topological polar surface area (TPSA) is 43.1 Å². The molecular weight excluding hydrogens is 260 g/mol. The molecular formula is C17H14N4. The summed E-state index contributed by atoms with van der Waals surface area (Å²) >= 11 is 0. The van der Waals surface area contributed by atoms with Gasteiger partial charge in [-0.15, -0.1) is 10.2 Å². The van der Waals surface area contributed by atoms with E-state index in [0.717, 1.165) is 40.2 Å². The van der Waals surface area contributed by atoms with Gasteiger partial charge in [-0.1, -0.05) is 49.4 Å². The van der Waals surface area contributed by atoms with Crippen LogP contribution in [0.25, 0.3) is 27.9 Å². The zero-order valence-electron chi connectivity index (χ0n) is 11.7. The molecule has 4 aromatic rings. The van der Waals surface area contributed by atoms with Crippen LogP contribution >= 0.6 is 0 Å². The van der Waals surface area contributed by atoms with Crippen LogP contribution in [0, 0.1) is 0 Å².